The predicted molar refractivity (Wildman–Crippen MR) is 92.2 cm³/mol. The molecule has 0 amide bonds. The lowest BCUT2D eigenvalue weighted by Gasteiger charge is -2.13. The number of aryl methyl sites for hydroxylation is 1. The summed E-state index contributed by atoms with van der Waals surface area (Å²) in [6, 6.07) is 8.44. The maximum absolute atomic E-state index is 12.3. The molecule has 0 aromatic heterocycles. The van der Waals surface area contributed by atoms with Gasteiger partial charge in [-0.2, -0.15) is 0 Å². The summed E-state index contributed by atoms with van der Waals surface area (Å²) in [6.07, 6.45) is -1.76. The van der Waals surface area contributed by atoms with Gasteiger partial charge in [0.1, 0.15) is 22.9 Å². The van der Waals surface area contributed by atoms with E-state index >= 15 is 0 Å². The van der Waals surface area contributed by atoms with Crippen LogP contribution in [-0.4, -0.2) is 32.6 Å². The minimum Gasteiger partial charge on any atom is -0.487 e. The number of rotatable bonds is 7. The van der Waals surface area contributed by atoms with Crippen LogP contribution in [0.15, 0.2) is 41.3 Å². The van der Waals surface area contributed by atoms with Gasteiger partial charge in [0, 0.05) is 18.0 Å². The number of alkyl halides is 2. The van der Waals surface area contributed by atoms with Crippen LogP contribution in [0, 0.1) is 17.0 Å². The molecular formula is C16H16F2N2O5S. The van der Waals surface area contributed by atoms with E-state index in [1.165, 1.54) is 18.2 Å². The Bertz CT molecular complexity index is 932. The van der Waals surface area contributed by atoms with Gasteiger partial charge in [0.25, 0.3) is 6.43 Å². The first kappa shape index (κ1) is 19.6. The van der Waals surface area contributed by atoms with Crippen molar-refractivity contribution in [1.29, 1.82) is 0 Å². The number of hydrogen-bond acceptors (Lipinski definition) is 6. The van der Waals surface area contributed by atoms with Crippen molar-refractivity contribution < 1.29 is 26.9 Å². The molecule has 0 saturated carbocycles. The van der Waals surface area contributed by atoms with E-state index in [1.807, 2.05) is 0 Å². The van der Waals surface area contributed by atoms with Gasteiger partial charge in [0.15, 0.2) is 9.84 Å². The lowest BCUT2D eigenvalue weighted by Crippen LogP contribution is -2.08. The van der Waals surface area contributed by atoms with Crippen LogP contribution >= 0.6 is 0 Å². The van der Waals surface area contributed by atoms with Crippen molar-refractivity contribution in [3.63, 3.8) is 0 Å². The summed E-state index contributed by atoms with van der Waals surface area (Å²) in [5.74, 6) is 0.192. The Hall–Kier alpha value is -2.75. The number of ether oxygens (including phenoxy) is 1. The zero-order chi connectivity index (χ0) is 19.5. The number of anilines is 2. The summed E-state index contributed by atoms with van der Waals surface area (Å²) in [5, 5.41) is 14.1. The van der Waals surface area contributed by atoms with Gasteiger partial charge < -0.3 is 10.1 Å². The molecule has 0 aliphatic carbocycles. The number of sulfone groups is 1. The Morgan fingerprint density at radius 1 is 1.27 bits per heavy atom. The molecule has 2 aromatic rings. The second-order valence-corrected chi connectivity index (χ2v) is 7.47. The van der Waals surface area contributed by atoms with Gasteiger partial charge >= 0.3 is 5.69 Å². The van der Waals surface area contributed by atoms with E-state index in [4.69, 9.17) is 4.74 Å². The molecule has 0 atom stereocenters. The first-order valence-electron chi connectivity index (χ1n) is 7.35. The van der Waals surface area contributed by atoms with Crippen molar-refractivity contribution in [2.24, 2.45) is 0 Å². The molecule has 10 heteroatoms. The van der Waals surface area contributed by atoms with Crippen LogP contribution in [0.2, 0.25) is 0 Å². The number of nitro groups is 1. The summed E-state index contributed by atoms with van der Waals surface area (Å²) >= 11 is 0. The lowest BCUT2D eigenvalue weighted by atomic mass is 10.2. The van der Waals surface area contributed by atoms with Crippen LogP contribution in [0.25, 0.3) is 0 Å². The number of nitro benzene ring substituents is 1. The molecule has 2 rings (SSSR count). The number of hydrogen-bond donors (Lipinski definition) is 1. The molecule has 26 heavy (non-hydrogen) atoms. The highest BCUT2D eigenvalue weighted by molar-refractivity contribution is 7.90. The van der Waals surface area contributed by atoms with Crippen molar-refractivity contribution in [2.45, 2.75) is 18.2 Å². The number of halogens is 2. The van der Waals surface area contributed by atoms with Crippen LogP contribution in [-0.2, 0) is 9.84 Å². The Morgan fingerprint density at radius 3 is 2.54 bits per heavy atom. The molecule has 0 heterocycles. The van der Waals surface area contributed by atoms with E-state index in [2.05, 4.69) is 5.32 Å². The van der Waals surface area contributed by atoms with E-state index < -0.39 is 38.4 Å². The minimum atomic E-state index is -3.82. The number of nitrogens with zero attached hydrogens (tertiary/aromatic N) is 1. The van der Waals surface area contributed by atoms with E-state index in [9.17, 15) is 27.3 Å². The molecule has 0 bridgehead atoms. The normalized spacial score (nSPS) is 11.4. The SMILES string of the molecule is Cc1ccc(Nc2cccc(S(C)(=O)=O)c2[N+](=O)[O-])cc1OCC(F)F. The fourth-order valence-electron chi connectivity index (χ4n) is 2.25. The van der Waals surface area contributed by atoms with Gasteiger partial charge in [-0.3, -0.25) is 10.1 Å². The smallest absolute Gasteiger partial charge is 0.311 e. The predicted octanol–water partition coefficient (Wildman–Crippen LogP) is 3.69. The summed E-state index contributed by atoms with van der Waals surface area (Å²) in [6.45, 7) is 0.880. The molecule has 0 saturated heterocycles. The fourth-order valence-corrected chi connectivity index (χ4v) is 3.11. The largest absolute Gasteiger partial charge is 0.487 e. The van der Waals surface area contributed by atoms with Gasteiger partial charge in [-0.25, -0.2) is 17.2 Å². The molecule has 7 nitrogen and oxygen atoms in total. The Kier molecular flexibility index (Phi) is 5.76. The molecular weight excluding hydrogens is 370 g/mol. The molecule has 0 aliphatic rings. The standard InChI is InChI=1S/C16H16F2N2O5S/c1-10-6-7-11(8-13(10)25-9-15(17)18)19-12-4-3-5-14(26(2,23)24)16(12)20(21)22/h3-8,15,19H,9H2,1-2H3. The van der Waals surface area contributed by atoms with Crippen molar-refractivity contribution >= 4 is 26.9 Å². The average molecular weight is 386 g/mol. The second kappa shape index (κ2) is 7.65. The van der Waals surface area contributed by atoms with Gasteiger partial charge in [-0.15, -0.1) is 0 Å². The monoisotopic (exact) mass is 386 g/mol. The van der Waals surface area contributed by atoms with Gasteiger partial charge in [-0.1, -0.05) is 12.1 Å². The number of benzene rings is 2. The highest BCUT2D eigenvalue weighted by Crippen LogP contribution is 2.35. The Morgan fingerprint density at radius 2 is 1.96 bits per heavy atom. The third-order valence-electron chi connectivity index (χ3n) is 3.41. The Balaban J connectivity index is 2.43. The maximum atomic E-state index is 12.3. The first-order valence-corrected chi connectivity index (χ1v) is 9.25. The zero-order valence-corrected chi connectivity index (χ0v) is 14.7. The molecule has 140 valence electrons. The molecule has 0 unspecified atom stereocenters. The summed E-state index contributed by atoms with van der Waals surface area (Å²) in [5.41, 5.74) is 0.302. The molecule has 0 aliphatic heterocycles. The van der Waals surface area contributed by atoms with Gasteiger partial charge in [0.05, 0.1) is 4.92 Å². The minimum absolute atomic E-state index is 0.0402. The van der Waals surface area contributed by atoms with Crippen molar-refractivity contribution in [1.82, 2.24) is 0 Å². The second-order valence-electron chi connectivity index (χ2n) is 5.49. The average Bonchev–Trinajstić information content (AvgIpc) is 2.54. The van der Waals surface area contributed by atoms with Crippen LogP contribution in [0.1, 0.15) is 5.56 Å². The topological polar surface area (TPSA) is 98.5 Å². The maximum Gasteiger partial charge on any atom is 0.311 e. The van der Waals surface area contributed by atoms with Crippen molar-refractivity contribution in [3.8, 4) is 5.75 Å². The van der Waals surface area contributed by atoms with Crippen molar-refractivity contribution in [3.05, 3.63) is 52.1 Å². The van der Waals surface area contributed by atoms with E-state index in [0.717, 1.165) is 12.3 Å². The summed E-state index contributed by atoms with van der Waals surface area (Å²) in [7, 11) is -3.82. The zero-order valence-electron chi connectivity index (χ0n) is 13.9. The molecule has 0 fully saturated rings. The van der Waals surface area contributed by atoms with Crippen LogP contribution < -0.4 is 10.1 Å². The van der Waals surface area contributed by atoms with Crippen LogP contribution in [0.4, 0.5) is 25.8 Å². The molecule has 0 spiro atoms. The molecule has 2 aromatic carbocycles. The van der Waals surface area contributed by atoms with E-state index in [1.54, 1.807) is 19.1 Å². The number of nitrogens with one attached hydrogen (secondary N) is 1. The third-order valence-corrected chi connectivity index (χ3v) is 4.54. The van der Waals surface area contributed by atoms with Crippen LogP contribution in [0.3, 0.4) is 0 Å². The number of para-hydroxylation sites is 1. The van der Waals surface area contributed by atoms with Gasteiger partial charge in [0.2, 0.25) is 0 Å². The van der Waals surface area contributed by atoms with E-state index in [-0.39, 0.29) is 11.4 Å². The quantitative estimate of drug-likeness (QED) is 0.576. The fraction of sp³-hybridized carbons (Fsp3) is 0.250. The highest BCUT2D eigenvalue weighted by atomic mass is 32.2. The third kappa shape index (κ3) is 4.66. The summed E-state index contributed by atoms with van der Waals surface area (Å²) < 4.78 is 53.2. The first-order chi connectivity index (χ1) is 12.1. The van der Waals surface area contributed by atoms with Crippen LogP contribution in [0.5, 0.6) is 5.75 Å². The van der Waals surface area contributed by atoms with Gasteiger partial charge in [-0.05, 0) is 30.7 Å². The van der Waals surface area contributed by atoms with Crippen molar-refractivity contribution in [2.75, 3.05) is 18.2 Å². The molecule has 0 radical (unpaired) electrons. The molecule has 1 N–H and O–H groups in total. The highest BCUT2D eigenvalue weighted by Gasteiger charge is 2.26. The van der Waals surface area contributed by atoms with E-state index in [0.29, 0.717) is 11.3 Å². The lowest BCUT2D eigenvalue weighted by molar-refractivity contribution is -0.386. The Labute approximate surface area is 148 Å². The summed E-state index contributed by atoms with van der Waals surface area (Å²) in [4.78, 5) is 10.2.